The van der Waals surface area contributed by atoms with Crippen LogP contribution in [0.3, 0.4) is 0 Å². The minimum atomic E-state index is 0.0547. The summed E-state index contributed by atoms with van der Waals surface area (Å²) >= 11 is 0. The third-order valence-corrected chi connectivity index (χ3v) is 4.71. The zero-order valence-corrected chi connectivity index (χ0v) is 12.4. The van der Waals surface area contributed by atoms with Crippen molar-refractivity contribution in [3.05, 3.63) is 35.9 Å². The number of hydrogen-bond acceptors (Lipinski definition) is 2. The zero-order valence-electron chi connectivity index (χ0n) is 12.4. The molecular weight excluding hydrogens is 248 g/mol. The van der Waals surface area contributed by atoms with E-state index in [4.69, 9.17) is 0 Å². The molecule has 1 amide bonds. The van der Waals surface area contributed by atoms with Crippen molar-refractivity contribution in [2.24, 2.45) is 0 Å². The first-order valence-corrected chi connectivity index (χ1v) is 7.76. The molecule has 1 saturated heterocycles. The van der Waals surface area contributed by atoms with Crippen molar-refractivity contribution in [2.45, 2.75) is 57.2 Å². The van der Waals surface area contributed by atoms with Crippen LogP contribution in [-0.2, 0) is 4.79 Å². The minimum absolute atomic E-state index is 0.0547. The molecule has 0 spiro atoms. The maximum absolute atomic E-state index is 12.2. The van der Waals surface area contributed by atoms with E-state index in [1.54, 1.807) is 0 Å². The highest BCUT2D eigenvalue weighted by atomic mass is 16.2. The van der Waals surface area contributed by atoms with Gasteiger partial charge in [-0.05, 0) is 44.6 Å². The molecule has 20 heavy (non-hydrogen) atoms. The molecule has 0 aromatic heterocycles. The predicted molar refractivity (Wildman–Crippen MR) is 80.6 cm³/mol. The van der Waals surface area contributed by atoms with Gasteiger partial charge in [-0.25, -0.2) is 0 Å². The number of nitrogens with zero attached hydrogens (tertiary/aromatic N) is 1. The lowest BCUT2D eigenvalue weighted by atomic mass is 9.75. The van der Waals surface area contributed by atoms with Gasteiger partial charge in [0.1, 0.15) is 0 Å². The standard InChI is InChI=1S/C17H24N2O/c1-12(2)19-9-8-16(17(19)20)18-15-10-14(11-15)13-6-4-3-5-7-13/h3-7,12,14-16,18H,8-11H2,1-2H3. The van der Waals surface area contributed by atoms with Crippen molar-refractivity contribution in [1.29, 1.82) is 0 Å². The fourth-order valence-electron chi connectivity index (χ4n) is 3.41. The number of carbonyl (C=O) groups is 1. The molecule has 1 saturated carbocycles. The Morgan fingerprint density at radius 3 is 2.50 bits per heavy atom. The van der Waals surface area contributed by atoms with Gasteiger partial charge < -0.3 is 10.2 Å². The van der Waals surface area contributed by atoms with Crippen molar-refractivity contribution in [1.82, 2.24) is 10.2 Å². The van der Waals surface area contributed by atoms with Crippen LogP contribution in [0.4, 0.5) is 0 Å². The van der Waals surface area contributed by atoms with Crippen LogP contribution in [0.25, 0.3) is 0 Å². The molecule has 1 aromatic rings. The highest BCUT2D eigenvalue weighted by Crippen LogP contribution is 2.37. The average molecular weight is 272 g/mol. The molecule has 2 aliphatic rings. The predicted octanol–water partition coefficient (Wildman–Crippen LogP) is 2.53. The maximum Gasteiger partial charge on any atom is 0.240 e. The summed E-state index contributed by atoms with van der Waals surface area (Å²) < 4.78 is 0. The summed E-state index contributed by atoms with van der Waals surface area (Å²) in [4.78, 5) is 14.2. The fraction of sp³-hybridized carbons (Fsp3) is 0.588. The van der Waals surface area contributed by atoms with Gasteiger partial charge in [0.15, 0.2) is 0 Å². The highest BCUT2D eigenvalue weighted by molar-refractivity contribution is 5.84. The molecule has 1 aromatic carbocycles. The molecule has 2 fully saturated rings. The second-order valence-electron chi connectivity index (χ2n) is 6.41. The first kappa shape index (κ1) is 13.6. The molecule has 0 bridgehead atoms. The Morgan fingerprint density at radius 1 is 1.20 bits per heavy atom. The molecule has 3 heteroatoms. The number of benzene rings is 1. The van der Waals surface area contributed by atoms with E-state index in [9.17, 15) is 4.79 Å². The summed E-state index contributed by atoms with van der Waals surface area (Å²) in [7, 11) is 0. The molecule has 1 aliphatic heterocycles. The van der Waals surface area contributed by atoms with Gasteiger partial charge in [0.05, 0.1) is 6.04 Å². The molecule has 1 atom stereocenters. The summed E-state index contributed by atoms with van der Waals surface area (Å²) in [6, 6.07) is 11.6. The summed E-state index contributed by atoms with van der Waals surface area (Å²) in [5, 5.41) is 3.56. The van der Waals surface area contributed by atoms with Crippen molar-refractivity contribution >= 4 is 5.91 Å². The van der Waals surface area contributed by atoms with Crippen molar-refractivity contribution < 1.29 is 4.79 Å². The van der Waals surface area contributed by atoms with Crippen LogP contribution in [0.5, 0.6) is 0 Å². The van der Waals surface area contributed by atoms with Gasteiger partial charge in [0.2, 0.25) is 5.91 Å². The van der Waals surface area contributed by atoms with E-state index in [2.05, 4.69) is 49.5 Å². The highest BCUT2D eigenvalue weighted by Gasteiger charge is 2.37. The molecule has 3 rings (SSSR count). The van der Waals surface area contributed by atoms with Crippen molar-refractivity contribution in [3.8, 4) is 0 Å². The topological polar surface area (TPSA) is 32.3 Å². The van der Waals surface area contributed by atoms with Crippen molar-refractivity contribution in [3.63, 3.8) is 0 Å². The maximum atomic E-state index is 12.2. The van der Waals surface area contributed by atoms with Crippen LogP contribution in [0.2, 0.25) is 0 Å². The molecule has 1 unspecified atom stereocenters. The van der Waals surface area contributed by atoms with Crippen LogP contribution in [-0.4, -0.2) is 35.5 Å². The summed E-state index contributed by atoms with van der Waals surface area (Å²) in [6.45, 7) is 5.09. The Kier molecular flexibility index (Phi) is 3.79. The molecule has 108 valence electrons. The quantitative estimate of drug-likeness (QED) is 0.913. The van der Waals surface area contributed by atoms with E-state index in [0.29, 0.717) is 23.9 Å². The van der Waals surface area contributed by atoms with Gasteiger partial charge in [-0.2, -0.15) is 0 Å². The number of carbonyl (C=O) groups excluding carboxylic acids is 1. The second-order valence-corrected chi connectivity index (χ2v) is 6.41. The zero-order chi connectivity index (χ0) is 14.1. The summed E-state index contributed by atoms with van der Waals surface area (Å²) in [5.74, 6) is 0.967. The molecular formula is C17H24N2O. The largest absolute Gasteiger partial charge is 0.339 e. The Bertz CT molecular complexity index is 465. The van der Waals surface area contributed by atoms with Crippen LogP contribution in [0, 0.1) is 0 Å². The van der Waals surface area contributed by atoms with E-state index in [1.165, 1.54) is 5.56 Å². The number of amides is 1. The number of rotatable bonds is 4. The van der Waals surface area contributed by atoms with Crippen LogP contribution >= 0.6 is 0 Å². The fourth-order valence-corrected chi connectivity index (χ4v) is 3.41. The normalized spacial score (nSPS) is 29.9. The SMILES string of the molecule is CC(C)N1CCC(NC2CC(c3ccccc3)C2)C1=O. The monoisotopic (exact) mass is 272 g/mol. The molecule has 3 nitrogen and oxygen atoms in total. The van der Waals surface area contributed by atoms with E-state index in [0.717, 1.165) is 25.8 Å². The van der Waals surface area contributed by atoms with Crippen LogP contribution < -0.4 is 5.32 Å². The van der Waals surface area contributed by atoms with Gasteiger partial charge in [-0.3, -0.25) is 4.79 Å². The van der Waals surface area contributed by atoms with Gasteiger partial charge in [0, 0.05) is 18.6 Å². The van der Waals surface area contributed by atoms with Crippen molar-refractivity contribution in [2.75, 3.05) is 6.54 Å². The number of hydrogen-bond donors (Lipinski definition) is 1. The Labute approximate surface area is 121 Å². The molecule has 0 radical (unpaired) electrons. The van der Waals surface area contributed by atoms with Crippen LogP contribution in [0.15, 0.2) is 30.3 Å². The molecule has 1 N–H and O–H groups in total. The van der Waals surface area contributed by atoms with E-state index >= 15 is 0 Å². The number of likely N-dealkylation sites (tertiary alicyclic amines) is 1. The second kappa shape index (κ2) is 5.57. The third-order valence-electron chi connectivity index (χ3n) is 4.71. The van der Waals surface area contributed by atoms with E-state index in [1.807, 2.05) is 4.90 Å². The minimum Gasteiger partial charge on any atom is -0.339 e. The lowest BCUT2D eigenvalue weighted by Gasteiger charge is -2.37. The Balaban J connectivity index is 1.49. The number of nitrogens with one attached hydrogen (secondary N) is 1. The first-order chi connectivity index (χ1) is 9.65. The molecule has 1 heterocycles. The van der Waals surface area contributed by atoms with Gasteiger partial charge in [0.25, 0.3) is 0 Å². The molecule has 1 aliphatic carbocycles. The summed E-state index contributed by atoms with van der Waals surface area (Å²) in [6.07, 6.45) is 3.29. The lowest BCUT2D eigenvalue weighted by Crippen LogP contribution is -2.49. The average Bonchev–Trinajstić information content (AvgIpc) is 2.76. The lowest BCUT2D eigenvalue weighted by molar-refractivity contribution is -0.131. The first-order valence-electron chi connectivity index (χ1n) is 7.76. The Morgan fingerprint density at radius 2 is 1.90 bits per heavy atom. The Hall–Kier alpha value is -1.35. The van der Waals surface area contributed by atoms with Gasteiger partial charge in [-0.15, -0.1) is 0 Å². The third kappa shape index (κ3) is 2.59. The van der Waals surface area contributed by atoms with Crippen LogP contribution in [0.1, 0.15) is 44.6 Å². The van der Waals surface area contributed by atoms with Gasteiger partial charge >= 0.3 is 0 Å². The smallest absolute Gasteiger partial charge is 0.240 e. The van der Waals surface area contributed by atoms with Gasteiger partial charge in [-0.1, -0.05) is 30.3 Å². The van der Waals surface area contributed by atoms with E-state index < -0.39 is 0 Å². The van der Waals surface area contributed by atoms with E-state index in [-0.39, 0.29) is 6.04 Å². The summed E-state index contributed by atoms with van der Waals surface area (Å²) in [5.41, 5.74) is 1.44.